The Balaban J connectivity index is 2.14. The van der Waals surface area contributed by atoms with E-state index in [0.717, 1.165) is 22.2 Å². The normalized spacial score (nSPS) is 10.6. The number of aromatic nitrogens is 1. The number of carbonyl (C=O) groups is 1. The molecule has 0 saturated carbocycles. The van der Waals surface area contributed by atoms with Gasteiger partial charge in [-0.25, -0.2) is 4.98 Å². The van der Waals surface area contributed by atoms with Crippen LogP contribution in [-0.4, -0.2) is 16.0 Å². The zero-order valence-corrected chi connectivity index (χ0v) is 13.4. The van der Waals surface area contributed by atoms with Crippen LogP contribution in [0.2, 0.25) is 0 Å². The highest BCUT2D eigenvalue weighted by molar-refractivity contribution is 7.80. The number of carbonyl (C=O) groups excluding carboxylic acids is 1. The Morgan fingerprint density at radius 1 is 1.35 bits per heavy atom. The molecule has 0 saturated heterocycles. The fourth-order valence-corrected chi connectivity index (χ4v) is 3.15. The molecule has 0 bridgehead atoms. The quantitative estimate of drug-likeness (QED) is 0.852. The first-order valence-corrected chi connectivity index (χ1v) is 7.71. The monoisotopic (exact) mass is 307 g/mol. The molecule has 0 aliphatic carbocycles. The summed E-state index contributed by atoms with van der Waals surface area (Å²) in [5, 5.41) is 6.64. The Morgan fingerprint density at radius 2 is 2.05 bits per heavy atom. The van der Waals surface area contributed by atoms with Crippen LogP contribution in [0.25, 0.3) is 10.2 Å². The molecule has 1 amide bonds. The smallest absolute Gasteiger partial charge is 0.226 e. The molecule has 1 aromatic heterocycles. The summed E-state index contributed by atoms with van der Waals surface area (Å²) >= 11 is 6.67. The van der Waals surface area contributed by atoms with Gasteiger partial charge < -0.3 is 10.6 Å². The second-order valence-electron chi connectivity index (χ2n) is 4.65. The van der Waals surface area contributed by atoms with Crippen molar-refractivity contribution in [3.05, 3.63) is 23.3 Å². The first kappa shape index (κ1) is 14.9. The van der Waals surface area contributed by atoms with Gasteiger partial charge in [0.2, 0.25) is 5.91 Å². The molecule has 0 fully saturated rings. The lowest BCUT2D eigenvalue weighted by molar-refractivity contribution is -0.119. The molecule has 0 aliphatic heterocycles. The Labute approximate surface area is 127 Å². The van der Waals surface area contributed by atoms with E-state index in [1.165, 1.54) is 5.56 Å². The molecular weight excluding hydrogens is 290 g/mol. The second kappa shape index (κ2) is 6.28. The van der Waals surface area contributed by atoms with E-state index in [1.54, 1.807) is 11.3 Å². The van der Waals surface area contributed by atoms with Crippen molar-refractivity contribution >= 4 is 49.9 Å². The van der Waals surface area contributed by atoms with Gasteiger partial charge in [-0.1, -0.05) is 30.4 Å². The SMILES string of the molecule is CCCC(=O)NC(=S)Nc1nc2c(C)ccc(C)c2s1. The van der Waals surface area contributed by atoms with Gasteiger partial charge in [-0.2, -0.15) is 0 Å². The number of anilines is 1. The van der Waals surface area contributed by atoms with E-state index < -0.39 is 0 Å². The molecule has 20 heavy (non-hydrogen) atoms. The summed E-state index contributed by atoms with van der Waals surface area (Å²) in [5.74, 6) is -0.0709. The van der Waals surface area contributed by atoms with Gasteiger partial charge in [0, 0.05) is 6.42 Å². The average Bonchev–Trinajstić information content (AvgIpc) is 2.79. The zero-order valence-electron chi connectivity index (χ0n) is 11.7. The molecule has 106 valence electrons. The predicted octanol–water partition coefficient (Wildman–Crippen LogP) is 3.53. The summed E-state index contributed by atoms with van der Waals surface area (Å²) in [7, 11) is 0. The lowest BCUT2D eigenvalue weighted by atomic mass is 10.1. The van der Waals surface area contributed by atoms with Crippen LogP contribution in [-0.2, 0) is 4.79 Å². The van der Waals surface area contributed by atoms with Crippen molar-refractivity contribution in [2.24, 2.45) is 0 Å². The van der Waals surface area contributed by atoms with Gasteiger partial charge in [0.05, 0.1) is 10.2 Å². The van der Waals surface area contributed by atoms with E-state index in [1.807, 2.05) is 13.8 Å². The van der Waals surface area contributed by atoms with Crippen LogP contribution in [0.5, 0.6) is 0 Å². The van der Waals surface area contributed by atoms with Crippen molar-refractivity contribution < 1.29 is 4.79 Å². The number of fused-ring (bicyclic) bond motifs is 1. The van der Waals surface area contributed by atoms with Crippen molar-refractivity contribution in [2.45, 2.75) is 33.6 Å². The summed E-state index contributed by atoms with van der Waals surface area (Å²) in [5.41, 5.74) is 3.31. The number of hydrogen-bond donors (Lipinski definition) is 2. The first-order valence-electron chi connectivity index (χ1n) is 6.49. The molecule has 4 nitrogen and oxygen atoms in total. The van der Waals surface area contributed by atoms with E-state index in [9.17, 15) is 4.79 Å². The van der Waals surface area contributed by atoms with E-state index in [2.05, 4.69) is 34.7 Å². The maximum absolute atomic E-state index is 11.5. The fraction of sp³-hybridized carbons (Fsp3) is 0.357. The summed E-state index contributed by atoms with van der Waals surface area (Å²) in [6.07, 6.45) is 1.27. The lowest BCUT2D eigenvalue weighted by Gasteiger charge is -2.05. The van der Waals surface area contributed by atoms with Crippen molar-refractivity contribution in [3.63, 3.8) is 0 Å². The molecule has 1 aromatic carbocycles. The molecule has 0 unspecified atom stereocenters. The number of thiocarbonyl (C=S) groups is 1. The minimum Gasteiger partial charge on any atom is -0.308 e. The second-order valence-corrected chi connectivity index (χ2v) is 6.06. The molecule has 6 heteroatoms. The highest BCUT2D eigenvalue weighted by Gasteiger charge is 2.10. The zero-order chi connectivity index (χ0) is 14.7. The van der Waals surface area contributed by atoms with Crippen molar-refractivity contribution in [1.82, 2.24) is 10.3 Å². The molecule has 0 radical (unpaired) electrons. The lowest BCUT2D eigenvalue weighted by Crippen LogP contribution is -2.33. The van der Waals surface area contributed by atoms with Gasteiger partial charge in [-0.15, -0.1) is 0 Å². The molecule has 2 aromatic rings. The highest BCUT2D eigenvalue weighted by Crippen LogP contribution is 2.30. The van der Waals surface area contributed by atoms with E-state index in [-0.39, 0.29) is 5.91 Å². The van der Waals surface area contributed by atoms with Crippen LogP contribution in [0.3, 0.4) is 0 Å². The van der Waals surface area contributed by atoms with E-state index >= 15 is 0 Å². The molecule has 2 rings (SSSR count). The van der Waals surface area contributed by atoms with Gasteiger partial charge in [0.25, 0.3) is 0 Å². The van der Waals surface area contributed by atoms with Crippen LogP contribution in [0.4, 0.5) is 5.13 Å². The topological polar surface area (TPSA) is 54.0 Å². The Morgan fingerprint density at radius 3 is 2.70 bits per heavy atom. The van der Waals surface area contributed by atoms with Crippen molar-refractivity contribution in [3.8, 4) is 0 Å². The maximum Gasteiger partial charge on any atom is 0.226 e. The van der Waals surface area contributed by atoms with Gasteiger partial charge in [-0.3, -0.25) is 4.79 Å². The summed E-state index contributed by atoms with van der Waals surface area (Å²) < 4.78 is 1.15. The summed E-state index contributed by atoms with van der Waals surface area (Å²) in [4.78, 5) is 16.0. The average molecular weight is 307 g/mol. The molecular formula is C14H17N3OS2. The van der Waals surface area contributed by atoms with Gasteiger partial charge in [-0.05, 0) is 43.6 Å². The maximum atomic E-state index is 11.5. The van der Waals surface area contributed by atoms with Crippen LogP contribution >= 0.6 is 23.6 Å². The number of nitrogens with one attached hydrogen (secondary N) is 2. The number of hydrogen-bond acceptors (Lipinski definition) is 4. The standard InChI is InChI=1S/C14H17N3OS2/c1-4-5-10(18)15-13(19)17-14-16-11-8(2)6-7-9(3)12(11)20-14/h6-7H,4-5H2,1-3H3,(H2,15,16,17,18,19). The number of aryl methyl sites for hydroxylation is 2. The number of rotatable bonds is 3. The molecule has 0 spiro atoms. The van der Waals surface area contributed by atoms with E-state index in [0.29, 0.717) is 16.7 Å². The van der Waals surface area contributed by atoms with Crippen LogP contribution < -0.4 is 10.6 Å². The van der Waals surface area contributed by atoms with Crippen LogP contribution in [0.15, 0.2) is 12.1 Å². The number of nitrogens with zero attached hydrogens (tertiary/aromatic N) is 1. The highest BCUT2D eigenvalue weighted by atomic mass is 32.1. The largest absolute Gasteiger partial charge is 0.308 e. The summed E-state index contributed by atoms with van der Waals surface area (Å²) in [6.45, 7) is 6.05. The third-order valence-electron chi connectivity index (χ3n) is 2.89. The molecule has 0 aliphatic rings. The first-order chi connectivity index (χ1) is 9.51. The Hall–Kier alpha value is -1.53. The molecule has 0 atom stereocenters. The van der Waals surface area contributed by atoms with Crippen LogP contribution in [0, 0.1) is 13.8 Å². The van der Waals surface area contributed by atoms with Crippen molar-refractivity contribution in [1.29, 1.82) is 0 Å². The third kappa shape index (κ3) is 3.32. The number of thiazole rings is 1. The minimum atomic E-state index is -0.0709. The number of amides is 1. The van der Waals surface area contributed by atoms with Gasteiger partial charge in [0.15, 0.2) is 10.2 Å². The Kier molecular flexibility index (Phi) is 4.67. The van der Waals surface area contributed by atoms with Crippen LogP contribution in [0.1, 0.15) is 30.9 Å². The number of benzene rings is 1. The van der Waals surface area contributed by atoms with Gasteiger partial charge in [0.1, 0.15) is 0 Å². The fourth-order valence-electron chi connectivity index (χ4n) is 1.86. The van der Waals surface area contributed by atoms with Crippen molar-refractivity contribution in [2.75, 3.05) is 5.32 Å². The Bertz CT molecular complexity index is 625. The summed E-state index contributed by atoms with van der Waals surface area (Å²) in [6, 6.07) is 4.14. The molecule has 1 heterocycles. The minimum absolute atomic E-state index is 0.0709. The third-order valence-corrected chi connectivity index (χ3v) is 4.20. The van der Waals surface area contributed by atoms with Gasteiger partial charge >= 0.3 is 0 Å². The predicted molar refractivity (Wildman–Crippen MR) is 88.4 cm³/mol. The van der Waals surface area contributed by atoms with E-state index in [4.69, 9.17) is 12.2 Å². The molecule has 2 N–H and O–H groups in total.